The van der Waals surface area contributed by atoms with Crippen LogP contribution in [0.1, 0.15) is 40.0 Å². The van der Waals surface area contributed by atoms with E-state index >= 15 is 0 Å². The van der Waals surface area contributed by atoms with E-state index < -0.39 is 0 Å². The summed E-state index contributed by atoms with van der Waals surface area (Å²) in [6.07, 6.45) is 10.2. The lowest BCUT2D eigenvalue weighted by Gasteiger charge is -2.26. The minimum absolute atomic E-state index is 0.239. The van der Waals surface area contributed by atoms with Crippen LogP contribution in [-0.4, -0.2) is 11.2 Å². The molecule has 2 aliphatic rings. The molecule has 2 bridgehead atoms. The molecular formula is C14H22O. The first kappa shape index (κ1) is 10.9. The van der Waals surface area contributed by atoms with Gasteiger partial charge in [0.25, 0.3) is 0 Å². The van der Waals surface area contributed by atoms with Crippen LogP contribution >= 0.6 is 0 Å². The van der Waals surface area contributed by atoms with Crippen LogP contribution in [-0.2, 0) is 0 Å². The summed E-state index contributed by atoms with van der Waals surface area (Å²) in [5.41, 5.74) is 1.53. The highest BCUT2D eigenvalue weighted by molar-refractivity contribution is 5.23. The zero-order valence-electron chi connectivity index (χ0n) is 10.0. The van der Waals surface area contributed by atoms with Crippen molar-refractivity contribution < 1.29 is 5.11 Å². The molecule has 4 unspecified atom stereocenters. The molecule has 1 heteroatoms. The van der Waals surface area contributed by atoms with E-state index in [2.05, 4.69) is 32.1 Å². The van der Waals surface area contributed by atoms with Gasteiger partial charge in [-0.3, -0.25) is 0 Å². The Labute approximate surface area is 92.9 Å². The van der Waals surface area contributed by atoms with Crippen LogP contribution in [0, 0.1) is 17.3 Å². The van der Waals surface area contributed by atoms with Crippen molar-refractivity contribution in [2.45, 2.75) is 46.1 Å². The summed E-state index contributed by atoms with van der Waals surface area (Å²) in [6.45, 7) is 6.45. The third-order valence-electron chi connectivity index (χ3n) is 4.23. The number of hydrogen-bond donors (Lipinski definition) is 1. The van der Waals surface area contributed by atoms with E-state index in [0.717, 1.165) is 17.9 Å². The van der Waals surface area contributed by atoms with Crippen molar-refractivity contribution in [3.05, 3.63) is 23.8 Å². The fourth-order valence-corrected chi connectivity index (χ4v) is 3.10. The van der Waals surface area contributed by atoms with Gasteiger partial charge in [0.1, 0.15) is 0 Å². The van der Waals surface area contributed by atoms with Crippen molar-refractivity contribution in [3.63, 3.8) is 0 Å². The van der Waals surface area contributed by atoms with Gasteiger partial charge in [-0.05, 0) is 49.0 Å². The van der Waals surface area contributed by atoms with Gasteiger partial charge in [0, 0.05) is 0 Å². The minimum Gasteiger partial charge on any atom is -0.389 e. The SMILES string of the molecule is CCC(O)C(C)=CC1CC2C=CC1(C)C2. The molecule has 0 radical (unpaired) electrons. The zero-order valence-corrected chi connectivity index (χ0v) is 10.0. The van der Waals surface area contributed by atoms with Gasteiger partial charge in [0.05, 0.1) is 6.10 Å². The van der Waals surface area contributed by atoms with Gasteiger partial charge in [0.2, 0.25) is 0 Å². The van der Waals surface area contributed by atoms with Gasteiger partial charge in [-0.2, -0.15) is 0 Å². The number of fused-ring (bicyclic) bond motifs is 2. The van der Waals surface area contributed by atoms with Gasteiger partial charge in [-0.15, -0.1) is 0 Å². The molecule has 0 amide bonds. The van der Waals surface area contributed by atoms with Crippen molar-refractivity contribution >= 4 is 0 Å². The van der Waals surface area contributed by atoms with Gasteiger partial charge in [0.15, 0.2) is 0 Å². The molecule has 1 fully saturated rings. The van der Waals surface area contributed by atoms with Gasteiger partial charge in [-0.25, -0.2) is 0 Å². The second-order valence-electron chi connectivity index (χ2n) is 5.51. The van der Waals surface area contributed by atoms with Gasteiger partial charge in [-0.1, -0.05) is 32.1 Å². The summed E-state index contributed by atoms with van der Waals surface area (Å²) < 4.78 is 0. The van der Waals surface area contributed by atoms with Crippen LogP contribution in [0.3, 0.4) is 0 Å². The molecule has 1 saturated carbocycles. The Morgan fingerprint density at radius 3 is 2.87 bits per heavy atom. The third-order valence-corrected chi connectivity index (χ3v) is 4.23. The molecule has 4 atom stereocenters. The predicted octanol–water partition coefficient (Wildman–Crippen LogP) is 3.31. The van der Waals surface area contributed by atoms with Gasteiger partial charge < -0.3 is 5.11 Å². The Hall–Kier alpha value is -0.560. The number of hydrogen-bond acceptors (Lipinski definition) is 1. The number of rotatable bonds is 3. The van der Waals surface area contributed by atoms with E-state index in [1.165, 1.54) is 12.8 Å². The summed E-state index contributed by atoms with van der Waals surface area (Å²) in [5.74, 6) is 1.44. The first-order valence-electron chi connectivity index (χ1n) is 6.11. The molecular weight excluding hydrogens is 184 g/mol. The van der Waals surface area contributed by atoms with Gasteiger partial charge >= 0.3 is 0 Å². The standard InChI is InChI=1S/C14H22O/c1-4-13(15)10(2)7-12-8-11-5-6-14(12,3)9-11/h5-7,11-13,15H,4,8-9H2,1-3H3. The van der Waals surface area contributed by atoms with Crippen LogP contribution in [0.2, 0.25) is 0 Å². The molecule has 0 saturated heterocycles. The second-order valence-corrected chi connectivity index (χ2v) is 5.51. The molecule has 15 heavy (non-hydrogen) atoms. The molecule has 2 aliphatic carbocycles. The fourth-order valence-electron chi connectivity index (χ4n) is 3.10. The third kappa shape index (κ3) is 1.90. The molecule has 1 nitrogen and oxygen atoms in total. The molecule has 0 aromatic rings. The molecule has 2 rings (SSSR count). The maximum absolute atomic E-state index is 9.75. The highest BCUT2D eigenvalue weighted by atomic mass is 16.3. The van der Waals surface area contributed by atoms with E-state index in [-0.39, 0.29) is 6.10 Å². The Balaban J connectivity index is 2.11. The van der Waals surface area contributed by atoms with Crippen molar-refractivity contribution in [1.82, 2.24) is 0 Å². The van der Waals surface area contributed by atoms with Crippen LogP contribution in [0.15, 0.2) is 23.8 Å². The van der Waals surface area contributed by atoms with E-state index in [4.69, 9.17) is 0 Å². The Kier molecular flexibility index (Phi) is 2.76. The number of allylic oxidation sites excluding steroid dienone is 3. The maximum Gasteiger partial charge on any atom is 0.0744 e. The van der Waals surface area contributed by atoms with E-state index in [0.29, 0.717) is 11.3 Å². The zero-order chi connectivity index (χ0) is 11.1. The fraction of sp³-hybridized carbons (Fsp3) is 0.714. The Bertz CT molecular complexity index is 302. The van der Waals surface area contributed by atoms with Crippen molar-refractivity contribution in [3.8, 4) is 0 Å². The summed E-state index contributed by atoms with van der Waals surface area (Å²) in [7, 11) is 0. The Morgan fingerprint density at radius 2 is 2.40 bits per heavy atom. The lowest BCUT2D eigenvalue weighted by Crippen LogP contribution is -2.18. The number of aliphatic hydroxyl groups is 1. The summed E-state index contributed by atoms with van der Waals surface area (Å²) >= 11 is 0. The van der Waals surface area contributed by atoms with Crippen molar-refractivity contribution in [2.75, 3.05) is 0 Å². The average molecular weight is 206 g/mol. The maximum atomic E-state index is 9.75. The molecule has 0 heterocycles. The molecule has 1 N–H and O–H groups in total. The summed E-state index contributed by atoms with van der Waals surface area (Å²) in [6, 6.07) is 0. The van der Waals surface area contributed by atoms with Crippen LogP contribution in [0.5, 0.6) is 0 Å². The first-order valence-corrected chi connectivity index (χ1v) is 6.11. The quantitative estimate of drug-likeness (QED) is 0.702. The van der Waals surface area contributed by atoms with Crippen molar-refractivity contribution in [2.24, 2.45) is 17.3 Å². The normalized spacial score (nSPS) is 41.2. The van der Waals surface area contributed by atoms with E-state index in [9.17, 15) is 5.11 Å². The van der Waals surface area contributed by atoms with Crippen LogP contribution in [0.25, 0.3) is 0 Å². The molecule has 0 aromatic carbocycles. The molecule has 0 spiro atoms. The molecule has 0 aliphatic heterocycles. The lowest BCUT2D eigenvalue weighted by molar-refractivity contribution is 0.204. The van der Waals surface area contributed by atoms with E-state index in [1.54, 1.807) is 0 Å². The van der Waals surface area contributed by atoms with Crippen LogP contribution in [0.4, 0.5) is 0 Å². The topological polar surface area (TPSA) is 20.2 Å². The predicted molar refractivity (Wildman–Crippen MR) is 63.5 cm³/mol. The lowest BCUT2D eigenvalue weighted by atomic mass is 9.78. The highest BCUT2D eigenvalue weighted by Gasteiger charge is 2.43. The van der Waals surface area contributed by atoms with Crippen LogP contribution < -0.4 is 0 Å². The molecule has 0 aromatic heterocycles. The first-order chi connectivity index (χ1) is 7.05. The monoisotopic (exact) mass is 206 g/mol. The summed E-state index contributed by atoms with van der Waals surface area (Å²) in [5, 5.41) is 9.75. The summed E-state index contributed by atoms with van der Waals surface area (Å²) in [4.78, 5) is 0. The number of aliphatic hydroxyl groups excluding tert-OH is 1. The van der Waals surface area contributed by atoms with Crippen molar-refractivity contribution in [1.29, 1.82) is 0 Å². The second kappa shape index (κ2) is 3.79. The smallest absolute Gasteiger partial charge is 0.0744 e. The largest absolute Gasteiger partial charge is 0.389 e. The minimum atomic E-state index is -0.239. The average Bonchev–Trinajstić information content (AvgIpc) is 2.71. The highest BCUT2D eigenvalue weighted by Crippen LogP contribution is 2.53. The Morgan fingerprint density at radius 1 is 1.67 bits per heavy atom. The molecule has 84 valence electrons. The van der Waals surface area contributed by atoms with E-state index in [1.807, 2.05) is 6.92 Å².